The highest BCUT2D eigenvalue weighted by Crippen LogP contribution is 2.13. The number of hydrogen-bond donors (Lipinski definition) is 3. The third-order valence-electron chi connectivity index (χ3n) is 2.79. The average molecular weight is 211 g/mol. The van der Waals surface area contributed by atoms with Gasteiger partial charge < -0.3 is 16.6 Å². The minimum absolute atomic E-state index is 0.176. The van der Waals surface area contributed by atoms with Crippen LogP contribution in [0.3, 0.4) is 0 Å². The van der Waals surface area contributed by atoms with E-state index in [1.54, 1.807) is 10.9 Å². The topological polar surface area (TPSA) is 93.3 Å². The molecule has 1 aliphatic rings. The Morgan fingerprint density at radius 1 is 1.47 bits per heavy atom. The van der Waals surface area contributed by atoms with Crippen molar-refractivity contribution in [2.45, 2.75) is 19.1 Å². The van der Waals surface area contributed by atoms with Crippen LogP contribution in [0.25, 0.3) is 0 Å². The SMILES string of the molecule is Nc1cnn(CCN2CCC(O)C2)c1N. The molecule has 0 spiro atoms. The maximum absolute atomic E-state index is 9.35. The van der Waals surface area contributed by atoms with Gasteiger partial charge in [0.25, 0.3) is 0 Å². The fourth-order valence-corrected chi connectivity index (χ4v) is 1.84. The Morgan fingerprint density at radius 2 is 2.27 bits per heavy atom. The molecule has 6 heteroatoms. The lowest BCUT2D eigenvalue weighted by Crippen LogP contribution is -2.26. The molecule has 1 unspecified atom stereocenters. The van der Waals surface area contributed by atoms with E-state index < -0.39 is 0 Å². The molecule has 1 aliphatic heterocycles. The summed E-state index contributed by atoms with van der Waals surface area (Å²) in [6.45, 7) is 3.26. The van der Waals surface area contributed by atoms with Gasteiger partial charge in [0, 0.05) is 19.6 Å². The zero-order valence-electron chi connectivity index (χ0n) is 8.63. The van der Waals surface area contributed by atoms with Crippen LogP contribution < -0.4 is 11.5 Å². The first-order valence-corrected chi connectivity index (χ1v) is 5.14. The predicted octanol–water partition coefficient (Wildman–Crippen LogP) is -0.886. The largest absolute Gasteiger partial charge is 0.394 e. The molecule has 0 bridgehead atoms. The fraction of sp³-hybridized carbons (Fsp3) is 0.667. The zero-order valence-corrected chi connectivity index (χ0v) is 8.63. The van der Waals surface area contributed by atoms with Gasteiger partial charge in [0.05, 0.1) is 24.5 Å². The Bertz CT molecular complexity index is 337. The summed E-state index contributed by atoms with van der Waals surface area (Å²) in [6.07, 6.45) is 2.25. The minimum Gasteiger partial charge on any atom is -0.394 e. The number of β-amino-alcohol motifs (C(OH)–C–C–N with tert-alkyl or cyclic N) is 1. The maximum atomic E-state index is 9.35. The Hall–Kier alpha value is -1.27. The normalized spacial score (nSPS) is 22.3. The molecule has 0 radical (unpaired) electrons. The van der Waals surface area contributed by atoms with Crippen LogP contribution in [0.2, 0.25) is 0 Å². The lowest BCUT2D eigenvalue weighted by molar-refractivity contribution is 0.175. The lowest BCUT2D eigenvalue weighted by atomic mass is 10.3. The van der Waals surface area contributed by atoms with Crippen molar-refractivity contribution in [3.63, 3.8) is 0 Å². The molecule has 2 heterocycles. The quantitative estimate of drug-likeness (QED) is 0.603. The van der Waals surface area contributed by atoms with E-state index in [0.717, 1.165) is 32.6 Å². The van der Waals surface area contributed by atoms with E-state index in [9.17, 15) is 5.11 Å². The number of likely N-dealkylation sites (tertiary alicyclic amines) is 1. The number of rotatable bonds is 3. The zero-order chi connectivity index (χ0) is 10.8. The first-order valence-electron chi connectivity index (χ1n) is 5.14. The minimum atomic E-state index is -0.176. The second-order valence-electron chi connectivity index (χ2n) is 3.95. The number of aromatic nitrogens is 2. The van der Waals surface area contributed by atoms with Gasteiger partial charge in [0.1, 0.15) is 5.82 Å². The summed E-state index contributed by atoms with van der Waals surface area (Å²) in [4.78, 5) is 2.20. The van der Waals surface area contributed by atoms with E-state index in [-0.39, 0.29) is 6.10 Å². The monoisotopic (exact) mass is 211 g/mol. The van der Waals surface area contributed by atoms with Gasteiger partial charge in [0.15, 0.2) is 0 Å². The summed E-state index contributed by atoms with van der Waals surface area (Å²) < 4.78 is 1.69. The predicted molar refractivity (Wildman–Crippen MR) is 58.1 cm³/mol. The Kier molecular flexibility index (Phi) is 2.79. The van der Waals surface area contributed by atoms with Gasteiger partial charge in [-0.25, -0.2) is 4.68 Å². The van der Waals surface area contributed by atoms with Crippen molar-refractivity contribution < 1.29 is 5.11 Å². The van der Waals surface area contributed by atoms with Gasteiger partial charge in [-0.3, -0.25) is 4.90 Å². The van der Waals surface area contributed by atoms with Crippen LogP contribution in [0.15, 0.2) is 6.20 Å². The fourth-order valence-electron chi connectivity index (χ4n) is 1.84. The highest BCUT2D eigenvalue weighted by Gasteiger charge is 2.19. The molecule has 1 saturated heterocycles. The number of aliphatic hydroxyl groups excluding tert-OH is 1. The maximum Gasteiger partial charge on any atom is 0.145 e. The van der Waals surface area contributed by atoms with Crippen molar-refractivity contribution >= 4 is 11.5 Å². The van der Waals surface area contributed by atoms with E-state index in [0.29, 0.717) is 11.5 Å². The smallest absolute Gasteiger partial charge is 0.145 e. The van der Waals surface area contributed by atoms with Crippen LogP contribution in [-0.2, 0) is 6.54 Å². The molecule has 1 aromatic heterocycles. The molecule has 2 rings (SSSR count). The summed E-state index contributed by atoms with van der Waals surface area (Å²) in [6, 6.07) is 0. The Labute approximate surface area is 88.5 Å². The number of anilines is 2. The van der Waals surface area contributed by atoms with Crippen molar-refractivity contribution in [1.29, 1.82) is 0 Å². The summed E-state index contributed by atoms with van der Waals surface area (Å²) in [5, 5.41) is 13.4. The summed E-state index contributed by atoms with van der Waals surface area (Å²) in [5.74, 6) is 0.523. The van der Waals surface area contributed by atoms with E-state index in [1.165, 1.54) is 0 Å². The molecule has 0 aromatic carbocycles. The van der Waals surface area contributed by atoms with Crippen molar-refractivity contribution in [2.24, 2.45) is 0 Å². The van der Waals surface area contributed by atoms with Crippen molar-refractivity contribution in [3.05, 3.63) is 6.20 Å². The van der Waals surface area contributed by atoms with Gasteiger partial charge in [-0.2, -0.15) is 5.10 Å². The molecule has 1 fully saturated rings. The lowest BCUT2D eigenvalue weighted by Gasteiger charge is -2.14. The van der Waals surface area contributed by atoms with E-state index in [1.807, 2.05) is 0 Å². The molecule has 1 aromatic rings. The van der Waals surface area contributed by atoms with Gasteiger partial charge in [0.2, 0.25) is 0 Å². The van der Waals surface area contributed by atoms with Crippen molar-refractivity contribution in [2.75, 3.05) is 31.1 Å². The molecule has 5 N–H and O–H groups in total. The Balaban J connectivity index is 1.85. The van der Waals surface area contributed by atoms with Crippen LogP contribution in [0.4, 0.5) is 11.5 Å². The van der Waals surface area contributed by atoms with Crippen molar-refractivity contribution in [3.8, 4) is 0 Å². The van der Waals surface area contributed by atoms with Crippen LogP contribution in [0.1, 0.15) is 6.42 Å². The van der Waals surface area contributed by atoms with Gasteiger partial charge in [-0.1, -0.05) is 0 Å². The third kappa shape index (κ3) is 2.21. The van der Waals surface area contributed by atoms with E-state index >= 15 is 0 Å². The average Bonchev–Trinajstić information content (AvgIpc) is 2.74. The summed E-state index contributed by atoms with van der Waals surface area (Å²) in [7, 11) is 0. The van der Waals surface area contributed by atoms with Gasteiger partial charge in [-0.05, 0) is 6.42 Å². The standard InChI is InChI=1S/C9H17N5O/c10-8-5-12-14(9(8)11)4-3-13-2-1-7(15)6-13/h5,7,15H,1-4,6,10-11H2. The third-order valence-corrected chi connectivity index (χ3v) is 2.79. The Morgan fingerprint density at radius 3 is 2.80 bits per heavy atom. The van der Waals surface area contributed by atoms with Crippen LogP contribution >= 0.6 is 0 Å². The van der Waals surface area contributed by atoms with Crippen LogP contribution in [0, 0.1) is 0 Å². The van der Waals surface area contributed by atoms with Crippen LogP contribution in [-0.4, -0.2) is 45.5 Å². The second-order valence-corrected chi connectivity index (χ2v) is 3.95. The molecule has 0 saturated carbocycles. The van der Waals surface area contributed by atoms with Crippen molar-refractivity contribution in [1.82, 2.24) is 14.7 Å². The summed E-state index contributed by atoms with van der Waals surface area (Å²) >= 11 is 0. The molecule has 0 amide bonds. The number of hydrogen-bond acceptors (Lipinski definition) is 5. The number of nitrogens with two attached hydrogens (primary N) is 2. The number of nitrogens with zero attached hydrogens (tertiary/aromatic N) is 3. The van der Waals surface area contributed by atoms with Crippen LogP contribution in [0.5, 0.6) is 0 Å². The summed E-state index contributed by atoms with van der Waals surface area (Å²) in [5.41, 5.74) is 11.8. The van der Waals surface area contributed by atoms with Gasteiger partial charge in [-0.15, -0.1) is 0 Å². The first kappa shape index (κ1) is 10.3. The molecular formula is C9H17N5O. The number of aliphatic hydroxyl groups is 1. The first-order chi connectivity index (χ1) is 7.16. The molecule has 84 valence electrons. The van der Waals surface area contributed by atoms with E-state index in [4.69, 9.17) is 11.5 Å². The highest BCUT2D eigenvalue weighted by molar-refractivity contribution is 5.56. The molecule has 15 heavy (non-hydrogen) atoms. The number of nitrogen functional groups attached to an aromatic ring is 2. The molecular weight excluding hydrogens is 194 g/mol. The van der Waals surface area contributed by atoms with Gasteiger partial charge >= 0.3 is 0 Å². The molecule has 6 nitrogen and oxygen atoms in total. The highest BCUT2D eigenvalue weighted by atomic mass is 16.3. The second kappa shape index (κ2) is 4.08. The molecule has 0 aliphatic carbocycles. The van der Waals surface area contributed by atoms with E-state index in [2.05, 4.69) is 10.00 Å². The molecule has 1 atom stereocenters.